The van der Waals surface area contributed by atoms with E-state index in [4.69, 9.17) is 4.52 Å². The fourth-order valence-electron chi connectivity index (χ4n) is 2.56. The molecule has 0 saturated carbocycles. The van der Waals surface area contributed by atoms with Gasteiger partial charge in [-0.15, -0.1) is 0 Å². The third kappa shape index (κ3) is 7.34. The van der Waals surface area contributed by atoms with Gasteiger partial charge in [0.25, 0.3) is 0 Å². The molecule has 19 heavy (non-hydrogen) atoms. The molecule has 3 heteroatoms. The van der Waals surface area contributed by atoms with Gasteiger partial charge >= 0.3 is 0 Å². The van der Waals surface area contributed by atoms with Crippen molar-refractivity contribution in [2.45, 2.75) is 90.4 Å². The van der Waals surface area contributed by atoms with E-state index in [0.717, 1.165) is 5.89 Å². The van der Waals surface area contributed by atoms with Crippen LogP contribution in [0.5, 0.6) is 0 Å². The molecular formula is C16H30N2O. The van der Waals surface area contributed by atoms with E-state index in [9.17, 15) is 0 Å². The molecule has 110 valence electrons. The van der Waals surface area contributed by atoms with Crippen molar-refractivity contribution in [1.82, 2.24) is 10.1 Å². The molecule has 1 aromatic rings. The first-order valence-electron chi connectivity index (χ1n) is 8.15. The molecule has 1 aromatic heterocycles. The number of hydrogen-bond donors (Lipinski definition) is 0. The minimum atomic E-state index is 0.487. The van der Waals surface area contributed by atoms with Crippen molar-refractivity contribution < 1.29 is 4.52 Å². The van der Waals surface area contributed by atoms with Crippen LogP contribution in [-0.2, 0) is 0 Å². The molecule has 1 heterocycles. The first-order valence-corrected chi connectivity index (χ1v) is 8.15. The maximum atomic E-state index is 5.27. The van der Waals surface area contributed by atoms with Crippen LogP contribution in [0.3, 0.4) is 0 Å². The van der Waals surface area contributed by atoms with E-state index in [-0.39, 0.29) is 0 Å². The smallest absolute Gasteiger partial charge is 0.229 e. The van der Waals surface area contributed by atoms with Crippen LogP contribution < -0.4 is 0 Å². The summed E-state index contributed by atoms with van der Waals surface area (Å²) in [6.07, 6.45) is 15.9. The number of hydrogen-bond acceptors (Lipinski definition) is 3. The monoisotopic (exact) mass is 266 g/mol. The fourth-order valence-corrected chi connectivity index (χ4v) is 2.56. The van der Waals surface area contributed by atoms with Crippen molar-refractivity contribution in [1.29, 1.82) is 0 Å². The zero-order valence-electron chi connectivity index (χ0n) is 12.7. The van der Waals surface area contributed by atoms with Gasteiger partial charge in [0.05, 0.1) is 0 Å². The van der Waals surface area contributed by atoms with Gasteiger partial charge in [0.1, 0.15) is 0 Å². The lowest BCUT2D eigenvalue weighted by Crippen LogP contribution is -2.00. The molecule has 3 nitrogen and oxygen atoms in total. The van der Waals surface area contributed by atoms with Crippen molar-refractivity contribution in [3.05, 3.63) is 12.2 Å². The molecule has 0 spiro atoms. The number of nitrogens with zero attached hydrogens (tertiary/aromatic N) is 2. The van der Waals surface area contributed by atoms with Crippen LogP contribution in [0.4, 0.5) is 0 Å². The zero-order valence-corrected chi connectivity index (χ0v) is 12.7. The minimum Gasteiger partial charge on any atom is -0.339 e. The predicted octanol–water partition coefficient (Wildman–Crippen LogP) is 5.48. The maximum Gasteiger partial charge on any atom is 0.229 e. The van der Waals surface area contributed by atoms with Gasteiger partial charge in [-0.3, -0.25) is 0 Å². The second kappa shape index (κ2) is 11.0. The molecule has 0 aliphatic carbocycles. The molecule has 0 aliphatic rings. The highest BCUT2D eigenvalue weighted by atomic mass is 16.5. The highest BCUT2D eigenvalue weighted by Crippen LogP contribution is 2.26. The third-order valence-corrected chi connectivity index (χ3v) is 3.79. The van der Waals surface area contributed by atoms with E-state index in [0.29, 0.717) is 5.92 Å². The lowest BCUT2D eigenvalue weighted by atomic mass is 9.94. The normalized spacial score (nSPS) is 12.7. The molecule has 0 N–H and O–H groups in total. The van der Waals surface area contributed by atoms with Crippen LogP contribution in [0.1, 0.15) is 96.3 Å². The molecule has 0 fully saturated rings. The van der Waals surface area contributed by atoms with Crippen molar-refractivity contribution in [3.8, 4) is 0 Å². The molecule has 0 amide bonds. The number of rotatable bonds is 12. The largest absolute Gasteiger partial charge is 0.339 e. The van der Waals surface area contributed by atoms with Gasteiger partial charge in [0, 0.05) is 5.92 Å². The zero-order chi connectivity index (χ0) is 13.8. The molecule has 0 radical (unpaired) electrons. The van der Waals surface area contributed by atoms with Crippen molar-refractivity contribution >= 4 is 0 Å². The van der Waals surface area contributed by atoms with Gasteiger partial charge in [-0.25, -0.2) is 0 Å². The van der Waals surface area contributed by atoms with Gasteiger partial charge in [-0.1, -0.05) is 76.8 Å². The Hall–Kier alpha value is -0.860. The lowest BCUT2D eigenvalue weighted by Gasteiger charge is -2.12. The maximum absolute atomic E-state index is 5.27. The van der Waals surface area contributed by atoms with Crippen molar-refractivity contribution in [3.63, 3.8) is 0 Å². The molecule has 0 saturated heterocycles. The Morgan fingerprint density at radius 2 is 1.47 bits per heavy atom. The fraction of sp³-hybridized carbons (Fsp3) is 0.875. The van der Waals surface area contributed by atoms with E-state index < -0.39 is 0 Å². The molecule has 1 atom stereocenters. The summed E-state index contributed by atoms with van der Waals surface area (Å²) >= 11 is 0. The highest BCUT2D eigenvalue weighted by Gasteiger charge is 2.16. The SMILES string of the molecule is CCCCCCCC(CCCCCC)c1ncno1. The number of unbranched alkanes of at least 4 members (excludes halogenated alkanes) is 7. The minimum absolute atomic E-state index is 0.487. The summed E-state index contributed by atoms with van der Waals surface area (Å²) in [6, 6.07) is 0. The Labute approximate surface area is 118 Å². The molecule has 0 aromatic carbocycles. The second-order valence-electron chi connectivity index (χ2n) is 5.53. The number of aromatic nitrogens is 2. The van der Waals surface area contributed by atoms with Crippen LogP contribution >= 0.6 is 0 Å². The Kier molecular flexibility index (Phi) is 9.38. The highest BCUT2D eigenvalue weighted by molar-refractivity contribution is 4.88. The summed E-state index contributed by atoms with van der Waals surface area (Å²) in [5.41, 5.74) is 0. The Morgan fingerprint density at radius 3 is 2.00 bits per heavy atom. The molecule has 0 aliphatic heterocycles. The van der Waals surface area contributed by atoms with E-state index in [1.807, 2.05) is 0 Å². The summed E-state index contributed by atoms with van der Waals surface area (Å²) in [7, 11) is 0. The van der Waals surface area contributed by atoms with Crippen LogP contribution in [0.2, 0.25) is 0 Å². The van der Waals surface area contributed by atoms with E-state index in [1.54, 1.807) is 0 Å². The summed E-state index contributed by atoms with van der Waals surface area (Å²) < 4.78 is 5.27. The molecule has 0 bridgehead atoms. The van der Waals surface area contributed by atoms with Gasteiger partial charge in [0.2, 0.25) is 5.89 Å². The van der Waals surface area contributed by atoms with Gasteiger partial charge in [-0.05, 0) is 12.8 Å². The van der Waals surface area contributed by atoms with Gasteiger partial charge < -0.3 is 4.52 Å². The van der Waals surface area contributed by atoms with Crippen molar-refractivity contribution in [2.75, 3.05) is 0 Å². The van der Waals surface area contributed by atoms with E-state index in [2.05, 4.69) is 24.0 Å². The third-order valence-electron chi connectivity index (χ3n) is 3.79. The van der Waals surface area contributed by atoms with Gasteiger partial charge in [0.15, 0.2) is 6.33 Å². The van der Waals surface area contributed by atoms with Crippen molar-refractivity contribution in [2.24, 2.45) is 0 Å². The average Bonchev–Trinajstić information content (AvgIpc) is 2.95. The average molecular weight is 266 g/mol. The molecular weight excluding hydrogens is 236 g/mol. The van der Waals surface area contributed by atoms with E-state index in [1.165, 1.54) is 77.0 Å². The summed E-state index contributed by atoms with van der Waals surface area (Å²) in [4.78, 5) is 4.25. The summed E-state index contributed by atoms with van der Waals surface area (Å²) in [6.45, 7) is 4.51. The summed E-state index contributed by atoms with van der Waals surface area (Å²) in [5.74, 6) is 1.34. The second-order valence-corrected chi connectivity index (χ2v) is 5.53. The van der Waals surface area contributed by atoms with E-state index >= 15 is 0 Å². The van der Waals surface area contributed by atoms with Crippen LogP contribution in [0, 0.1) is 0 Å². The van der Waals surface area contributed by atoms with Crippen LogP contribution in [-0.4, -0.2) is 10.1 Å². The Balaban J connectivity index is 2.25. The first kappa shape index (κ1) is 16.2. The van der Waals surface area contributed by atoms with Crippen LogP contribution in [0.25, 0.3) is 0 Å². The van der Waals surface area contributed by atoms with Crippen LogP contribution in [0.15, 0.2) is 10.9 Å². The van der Waals surface area contributed by atoms with Gasteiger partial charge in [-0.2, -0.15) is 4.98 Å². The first-order chi connectivity index (χ1) is 9.38. The molecule has 1 rings (SSSR count). The predicted molar refractivity (Wildman–Crippen MR) is 79.2 cm³/mol. The topological polar surface area (TPSA) is 38.9 Å². The Morgan fingerprint density at radius 1 is 0.895 bits per heavy atom. The standard InChI is InChI=1S/C16H30N2O/c1-3-5-7-9-11-13-15(12-10-8-6-4-2)16-17-14-18-19-16/h14-15H,3-13H2,1-2H3. The quantitative estimate of drug-likeness (QED) is 0.470. The Bertz CT molecular complexity index is 285. The summed E-state index contributed by atoms with van der Waals surface area (Å²) in [5, 5.41) is 3.76. The lowest BCUT2D eigenvalue weighted by molar-refractivity contribution is 0.329. The molecule has 1 unspecified atom stereocenters.